The fraction of sp³-hybridized carbons (Fsp3) is 0.378. The van der Waals surface area contributed by atoms with Gasteiger partial charge in [0.15, 0.2) is 0 Å². The monoisotopic (exact) mass is 527 g/mol. The minimum Gasteiger partial charge on any atom is -0.336 e. The summed E-state index contributed by atoms with van der Waals surface area (Å²) in [6.07, 6.45) is 16.3. The Labute approximate surface area is 241 Å². The van der Waals surface area contributed by atoms with Crippen LogP contribution >= 0.6 is 0 Å². The largest absolute Gasteiger partial charge is 0.336 e. The Hall–Kier alpha value is -3.57. The van der Waals surface area contributed by atoms with Crippen LogP contribution in [0.4, 0.5) is 0 Å². The summed E-state index contributed by atoms with van der Waals surface area (Å²) in [6, 6.07) is 14.8. The summed E-state index contributed by atoms with van der Waals surface area (Å²) < 4.78 is 0. The summed E-state index contributed by atoms with van der Waals surface area (Å²) in [6.45, 7) is 28.7. The van der Waals surface area contributed by atoms with Gasteiger partial charge in [0.2, 0.25) is 0 Å². The number of benzene rings is 2. The average Bonchev–Trinajstić information content (AvgIpc) is 3.37. The molecule has 1 aliphatic rings. The molecule has 1 atom stereocenters. The highest BCUT2D eigenvalue weighted by Gasteiger charge is 2.26. The summed E-state index contributed by atoms with van der Waals surface area (Å²) >= 11 is 0. The number of allylic oxidation sites excluding steroid dienone is 6. The molecular formula is C37H53NO. The molecule has 1 amide bonds. The summed E-state index contributed by atoms with van der Waals surface area (Å²) in [7, 11) is 0. The molecule has 0 saturated carbocycles. The Morgan fingerprint density at radius 2 is 1.51 bits per heavy atom. The van der Waals surface area contributed by atoms with E-state index in [0.717, 1.165) is 24.9 Å². The lowest BCUT2D eigenvalue weighted by molar-refractivity contribution is 0.0747. The van der Waals surface area contributed by atoms with E-state index in [0.29, 0.717) is 6.04 Å². The second-order valence-electron chi connectivity index (χ2n) is 9.46. The predicted molar refractivity (Wildman–Crippen MR) is 177 cm³/mol. The lowest BCUT2D eigenvalue weighted by atomic mass is 9.99. The van der Waals surface area contributed by atoms with Gasteiger partial charge < -0.3 is 4.90 Å². The topological polar surface area (TPSA) is 20.3 Å². The van der Waals surface area contributed by atoms with Gasteiger partial charge in [0.05, 0.1) is 0 Å². The zero-order chi connectivity index (χ0) is 30.5. The van der Waals surface area contributed by atoms with Gasteiger partial charge in [-0.3, -0.25) is 4.79 Å². The van der Waals surface area contributed by atoms with E-state index in [9.17, 15) is 4.79 Å². The highest BCUT2D eigenvalue weighted by Crippen LogP contribution is 2.23. The molecule has 2 nitrogen and oxygen atoms in total. The number of carbonyl (C=O) groups excluding carboxylic acids is 1. The van der Waals surface area contributed by atoms with Gasteiger partial charge in [0.1, 0.15) is 0 Å². The van der Waals surface area contributed by atoms with Gasteiger partial charge in [0, 0.05) is 18.2 Å². The Morgan fingerprint density at radius 1 is 0.949 bits per heavy atom. The van der Waals surface area contributed by atoms with E-state index in [1.807, 2.05) is 64.7 Å². The van der Waals surface area contributed by atoms with Crippen LogP contribution in [0.3, 0.4) is 0 Å². The fourth-order valence-electron chi connectivity index (χ4n) is 4.08. The Balaban J connectivity index is 0. The fourth-order valence-corrected chi connectivity index (χ4v) is 4.08. The molecule has 2 aromatic carbocycles. The first-order valence-corrected chi connectivity index (χ1v) is 13.9. The maximum absolute atomic E-state index is 12.5. The van der Waals surface area contributed by atoms with E-state index in [2.05, 4.69) is 96.2 Å². The second kappa shape index (κ2) is 21.4. The number of carbonyl (C=O) groups is 1. The SMILES string of the molecule is C#C.C/C=C(/C)c1ccc(C(=O)N2CCCC2C)cc1C.C=C(C)C.C=C/C(=C\C)c1ccccc1C.CC. The molecule has 1 aliphatic heterocycles. The number of hydrogen-bond acceptors (Lipinski definition) is 1. The maximum atomic E-state index is 12.5. The van der Waals surface area contributed by atoms with Crippen molar-refractivity contribution in [2.45, 2.75) is 88.1 Å². The van der Waals surface area contributed by atoms with Gasteiger partial charge in [-0.05, 0) is 114 Å². The van der Waals surface area contributed by atoms with Crippen LogP contribution in [0.5, 0.6) is 0 Å². The smallest absolute Gasteiger partial charge is 0.254 e. The Bertz CT molecular complexity index is 1110. The molecule has 0 N–H and O–H groups in total. The van der Waals surface area contributed by atoms with Crippen LogP contribution in [0.15, 0.2) is 79.4 Å². The molecule has 2 heteroatoms. The van der Waals surface area contributed by atoms with Crippen molar-refractivity contribution in [3.05, 3.63) is 107 Å². The molecule has 0 aromatic heterocycles. The standard InChI is InChI=1S/C17H23NO.C12H14.C4H8.C2H6.C2H2/c1-5-12(2)16-9-8-15(11-13(16)3)17(19)18-10-6-7-14(18)4;1-4-11(5-2)12-9-7-6-8-10(12)3;1-4(2)3;2*1-2/h5,8-9,11,14H,6-7,10H2,1-4H3;4-9H,1H2,2-3H3;1H2,2-3H3;1-2H3;1-2H/b12-5-;11-5+;;;. The number of rotatable bonds is 4. The van der Waals surface area contributed by atoms with Crippen molar-refractivity contribution in [2.24, 2.45) is 0 Å². The van der Waals surface area contributed by atoms with Gasteiger partial charge in [-0.2, -0.15) is 0 Å². The third kappa shape index (κ3) is 13.2. The van der Waals surface area contributed by atoms with Crippen LogP contribution in [-0.4, -0.2) is 23.4 Å². The molecule has 0 radical (unpaired) electrons. The molecule has 1 unspecified atom stereocenters. The third-order valence-electron chi connectivity index (χ3n) is 6.13. The molecule has 0 bridgehead atoms. The zero-order valence-corrected chi connectivity index (χ0v) is 26.4. The van der Waals surface area contributed by atoms with Crippen LogP contribution in [0, 0.1) is 26.7 Å². The van der Waals surface area contributed by atoms with Crippen LogP contribution in [0.25, 0.3) is 11.1 Å². The van der Waals surface area contributed by atoms with Crippen LogP contribution < -0.4 is 0 Å². The van der Waals surface area contributed by atoms with Crippen molar-refractivity contribution < 1.29 is 4.79 Å². The van der Waals surface area contributed by atoms with Gasteiger partial charge in [-0.25, -0.2) is 0 Å². The number of terminal acetylenes is 1. The zero-order valence-electron chi connectivity index (χ0n) is 26.4. The van der Waals surface area contributed by atoms with Crippen molar-refractivity contribution in [1.82, 2.24) is 4.90 Å². The van der Waals surface area contributed by atoms with E-state index in [-0.39, 0.29) is 5.91 Å². The molecule has 1 heterocycles. The van der Waals surface area contributed by atoms with Gasteiger partial charge >= 0.3 is 0 Å². The van der Waals surface area contributed by atoms with Crippen LogP contribution in [0.1, 0.15) is 101 Å². The first-order valence-electron chi connectivity index (χ1n) is 13.9. The number of amides is 1. The first-order chi connectivity index (χ1) is 18.6. The quantitative estimate of drug-likeness (QED) is 0.220. The first kappa shape index (κ1) is 37.6. The van der Waals surface area contributed by atoms with Gasteiger partial charge in [-0.1, -0.05) is 74.6 Å². The van der Waals surface area contributed by atoms with Crippen molar-refractivity contribution in [2.75, 3.05) is 6.54 Å². The Kier molecular flexibility index (Phi) is 20.6. The third-order valence-corrected chi connectivity index (χ3v) is 6.13. The van der Waals surface area contributed by atoms with E-state index in [4.69, 9.17) is 0 Å². The van der Waals surface area contributed by atoms with Crippen LogP contribution in [-0.2, 0) is 0 Å². The molecule has 2 aromatic rings. The number of nitrogens with zero attached hydrogens (tertiary/aromatic N) is 1. The molecular weight excluding hydrogens is 474 g/mol. The minimum absolute atomic E-state index is 0.179. The normalized spacial score (nSPS) is 14.1. The number of aryl methyl sites for hydroxylation is 2. The Morgan fingerprint density at radius 3 is 1.92 bits per heavy atom. The minimum atomic E-state index is 0.179. The highest BCUT2D eigenvalue weighted by atomic mass is 16.2. The maximum Gasteiger partial charge on any atom is 0.254 e. The van der Waals surface area contributed by atoms with Crippen molar-refractivity contribution in [3.63, 3.8) is 0 Å². The van der Waals surface area contributed by atoms with E-state index in [1.54, 1.807) is 0 Å². The number of hydrogen-bond donors (Lipinski definition) is 0. The molecule has 0 spiro atoms. The van der Waals surface area contributed by atoms with E-state index >= 15 is 0 Å². The van der Waals surface area contributed by atoms with Crippen molar-refractivity contribution in [1.29, 1.82) is 0 Å². The highest BCUT2D eigenvalue weighted by molar-refractivity contribution is 5.95. The van der Waals surface area contributed by atoms with Crippen LogP contribution in [0.2, 0.25) is 0 Å². The predicted octanol–water partition coefficient (Wildman–Crippen LogP) is 10.5. The van der Waals surface area contributed by atoms with Gasteiger partial charge in [0.25, 0.3) is 5.91 Å². The van der Waals surface area contributed by atoms with E-state index in [1.165, 1.54) is 39.0 Å². The molecule has 1 saturated heterocycles. The molecule has 3 rings (SSSR count). The van der Waals surface area contributed by atoms with Crippen molar-refractivity contribution >= 4 is 17.1 Å². The summed E-state index contributed by atoms with van der Waals surface area (Å²) in [5.41, 5.74) is 9.42. The molecule has 1 fully saturated rings. The lowest BCUT2D eigenvalue weighted by Gasteiger charge is -2.22. The molecule has 39 heavy (non-hydrogen) atoms. The average molecular weight is 528 g/mol. The number of likely N-dealkylation sites (tertiary alicyclic amines) is 1. The summed E-state index contributed by atoms with van der Waals surface area (Å²) in [5.74, 6) is 0.179. The van der Waals surface area contributed by atoms with E-state index < -0.39 is 0 Å². The summed E-state index contributed by atoms with van der Waals surface area (Å²) in [4.78, 5) is 14.5. The lowest BCUT2D eigenvalue weighted by Crippen LogP contribution is -2.33. The molecule has 212 valence electrons. The second-order valence-corrected chi connectivity index (χ2v) is 9.46. The summed E-state index contributed by atoms with van der Waals surface area (Å²) in [5, 5.41) is 0. The molecule has 0 aliphatic carbocycles. The van der Waals surface area contributed by atoms with Crippen molar-refractivity contribution in [3.8, 4) is 12.8 Å². The van der Waals surface area contributed by atoms with Gasteiger partial charge in [-0.15, -0.1) is 19.4 Å².